The lowest BCUT2D eigenvalue weighted by Gasteiger charge is -2.37. The minimum absolute atomic E-state index is 0. The molecule has 146 valence electrons. The number of nitrogens with zero attached hydrogens (tertiary/aromatic N) is 1. The van der Waals surface area contributed by atoms with Crippen molar-refractivity contribution in [3.05, 3.63) is 29.5 Å². The Bertz CT molecular complexity index is 653. The van der Waals surface area contributed by atoms with Crippen LogP contribution in [0.4, 0.5) is 0 Å². The molecule has 3 rings (SSSR count). The summed E-state index contributed by atoms with van der Waals surface area (Å²) in [5.41, 5.74) is 0.684. The molecule has 0 spiro atoms. The predicted molar refractivity (Wildman–Crippen MR) is 107 cm³/mol. The molecule has 0 saturated carbocycles. The third-order valence-corrected chi connectivity index (χ3v) is 5.26. The zero-order valence-electron chi connectivity index (χ0n) is 14.7. The zero-order valence-corrected chi connectivity index (χ0v) is 17.1. The molecule has 6 nitrogen and oxygen atoms in total. The largest absolute Gasteiger partial charge is 0.444 e. The van der Waals surface area contributed by atoms with Gasteiger partial charge in [-0.1, -0.05) is 6.07 Å². The van der Waals surface area contributed by atoms with Gasteiger partial charge in [-0.25, -0.2) is 4.98 Å². The van der Waals surface area contributed by atoms with E-state index >= 15 is 0 Å². The predicted octanol–water partition coefficient (Wildman–Crippen LogP) is 2.92. The Labute approximate surface area is 169 Å². The van der Waals surface area contributed by atoms with Gasteiger partial charge in [0, 0.05) is 19.1 Å². The fourth-order valence-corrected chi connectivity index (χ4v) is 3.71. The summed E-state index contributed by atoms with van der Waals surface area (Å²) in [7, 11) is 1.72. The molecule has 0 unspecified atom stereocenters. The second-order valence-corrected chi connectivity index (χ2v) is 7.21. The molecule has 2 aromatic heterocycles. The lowest BCUT2D eigenvalue weighted by Crippen LogP contribution is -2.47. The Morgan fingerprint density at radius 2 is 2.19 bits per heavy atom. The van der Waals surface area contributed by atoms with E-state index in [1.165, 1.54) is 0 Å². The van der Waals surface area contributed by atoms with Gasteiger partial charge in [-0.2, -0.15) is 0 Å². The van der Waals surface area contributed by atoms with Gasteiger partial charge in [0.2, 0.25) is 11.8 Å². The lowest BCUT2D eigenvalue weighted by molar-refractivity contribution is -0.121. The molecule has 0 aliphatic carbocycles. The van der Waals surface area contributed by atoms with E-state index in [-0.39, 0.29) is 42.6 Å². The van der Waals surface area contributed by atoms with E-state index in [0.29, 0.717) is 24.7 Å². The minimum Gasteiger partial charge on any atom is -0.444 e. The summed E-state index contributed by atoms with van der Waals surface area (Å²) < 4.78 is 10.8. The maximum atomic E-state index is 12.3. The van der Waals surface area contributed by atoms with Crippen LogP contribution in [0.5, 0.6) is 0 Å². The molecule has 2 N–H and O–H groups in total. The maximum absolute atomic E-state index is 12.3. The van der Waals surface area contributed by atoms with Crippen LogP contribution in [0.25, 0.3) is 10.8 Å². The number of carbonyl (C=O) groups excluding carboxylic acids is 1. The van der Waals surface area contributed by atoms with Crippen LogP contribution in [0.2, 0.25) is 0 Å². The molecule has 0 radical (unpaired) electrons. The number of thiophene rings is 1. The molecular weight excluding hydrogens is 397 g/mol. The minimum atomic E-state index is -0.0324. The quantitative estimate of drug-likeness (QED) is 0.718. The summed E-state index contributed by atoms with van der Waals surface area (Å²) in [5.74, 6) is 0.539. The molecule has 0 atom stereocenters. The van der Waals surface area contributed by atoms with Gasteiger partial charge in [0.15, 0.2) is 0 Å². The van der Waals surface area contributed by atoms with Gasteiger partial charge in [0.05, 0.1) is 23.6 Å². The second-order valence-electron chi connectivity index (χ2n) is 6.26. The van der Waals surface area contributed by atoms with Crippen LogP contribution >= 0.6 is 36.2 Å². The number of hydrogen-bond donors (Lipinski definition) is 2. The van der Waals surface area contributed by atoms with E-state index in [1.807, 2.05) is 17.5 Å². The summed E-state index contributed by atoms with van der Waals surface area (Å²) in [6, 6.07) is 3.90. The maximum Gasteiger partial charge on any atom is 0.236 e. The summed E-state index contributed by atoms with van der Waals surface area (Å²) in [4.78, 5) is 17.6. The number of amides is 1. The third-order valence-electron chi connectivity index (χ3n) is 4.40. The Kier molecular flexibility index (Phi) is 9.60. The topological polar surface area (TPSA) is 76.4 Å². The average Bonchev–Trinajstić information content (AvgIpc) is 3.25. The fourth-order valence-electron chi connectivity index (χ4n) is 3.05. The van der Waals surface area contributed by atoms with E-state index in [0.717, 1.165) is 30.8 Å². The van der Waals surface area contributed by atoms with Gasteiger partial charge in [-0.15, -0.1) is 36.2 Å². The highest BCUT2D eigenvalue weighted by Gasteiger charge is 2.32. The van der Waals surface area contributed by atoms with Gasteiger partial charge < -0.3 is 19.8 Å². The first-order chi connectivity index (χ1) is 11.7. The summed E-state index contributed by atoms with van der Waals surface area (Å²) in [5, 5.41) is 8.37. The molecule has 2 aromatic rings. The van der Waals surface area contributed by atoms with Crippen molar-refractivity contribution in [2.75, 3.05) is 33.4 Å². The van der Waals surface area contributed by atoms with Crippen molar-refractivity contribution >= 4 is 42.1 Å². The molecule has 1 fully saturated rings. The van der Waals surface area contributed by atoms with E-state index in [1.54, 1.807) is 24.7 Å². The first kappa shape index (κ1) is 22.9. The number of ether oxygens (including phenoxy) is 1. The summed E-state index contributed by atoms with van der Waals surface area (Å²) >= 11 is 1.57. The zero-order chi connectivity index (χ0) is 16.8. The van der Waals surface area contributed by atoms with Crippen molar-refractivity contribution in [1.82, 2.24) is 15.6 Å². The molecule has 0 bridgehead atoms. The number of methoxy groups -OCH3 is 1. The van der Waals surface area contributed by atoms with E-state index in [9.17, 15) is 4.79 Å². The number of rotatable bonds is 7. The van der Waals surface area contributed by atoms with Crippen molar-refractivity contribution in [3.63, 3.8) is 0 Å². The average molecular weight is 422 g/mol. The van der Waals surface area contributed by atoms with E-state index in [4.69, 9.17) is 9.15 Å². The number of carbonyl (C=O) groups is 1. The van der Waals surface area contributed by atoms with Crippen LogP contribution in [-0.2, 0) is 16.0 Å². The van der Waals surface area contributed by atoms with Crippen molar-refractivity contribution in [2.45, 2.75) is 19.3 Å². The smallest absolute Gasteiger partial charge is 0.236 e. The molecule has 1 aliphatic heterocycles. The van der Waals surface area contributed by atoms with Crippen molar-refractivity contribution in [2.24, 2.45) is 5.41 Å². The summed E-state index contributed by atoms with van der Waals surface area (Å²) in [6.07, 6.45) is 3.81. The highest BCUT2D eigenvalue weighted by molar-refractivity contribution is 7.13. The van der Waals surface area contributed by atoms with Crippen LogP contribution in [0, 0.1) is 5.41 Å². The van der Waals surface area contributed by atoms with Gasteiger partial charge in [0.25, 0.3) is 0 Å². The number of piperidine rings is 1. The molecule has 1 saturated heterocycles. The van der Waals surface area contributed by atoms with Crippen molar-refractivity contribution in [3.8, 4) is 10.8 Å². The van der Waals surface area contributed by atoms with Crippen LogP contribution < -0.4 is 10.6 Å². The molecule has 9 heteroatoms. The molecule has 0 aromatic carbocycles. The molecule has 3 heterocycles. The number of hydrogen-bond acceptors (Lipinski definition) is 6. The Hall–Kier alpha value is -1.12. The van der Waals surface area contributed by atoms with E-state index < -0.39 is 0 Å². The lowest BCUT2D eigenvalue weighted by atomic mass is 9.79. The van der Waals surface area contributed by atoms with Crippen LogP contribution in [0.3, 0.4) is 0 Å². The van der Waals surface area contributed by atoms with E-state index in [2.05, 4.69) is 15.6 Å². The van der Waals surface area contributed by atoms with Gasteiger partial charge in [0.1, 0.15) is 6.26 Å². The van der Waals surface area contributed by atoms with Crippen LogP contribution in [0.15, 0.2) is 28.2 Å². The number of aromatic nitrogens is 1. The molecule has 1 aliphatic rings. The van der Waals surface area contributed by atoms with Gasteiger partial charge in [-0.05, 0) is 37.4 Å². The Morgan fingerprint density at radius 1 is 1.42 bits per heavy atom. The van der Waals surface area contributed by atoms with Crippen LogP contribution in [0.1, 0.15) is 18.5 Å². The fraction of sp³-hybridized carbons (Fsp3) is 0.529. The molecule has 26 heavy (non-hydrogen) atoms. The first-order valence-corrected chi connectivity index (χ1v) is 9.03. The SMILES string of the molecule is COCC1(CNC(=O)Cc2coc(-c3cccs3)n2)CCNCC1.Cl.Cl. The van der Waals surface area contributed by atoms with Crippen molar-refractivity contribution in [1.29, 1.82) is 0 Å². The van der Waals surface area contributed by atoms with Gasteiger partial charge in [-0.3, -0.25) is 4.79 Å². The Morgan fingerprint density at radius 3 is 2.85 bits per heavy atom. The number of halogens is 2. The number of oxazole rings is 1. The monoisotopic (exact) mass is 421 g/mol. The Balaban J connectivity index is 0.00000169. The van der Waals surface area contributed by atoms with Gasteiger partial charge >= 0.3 is 0 Å². The van der Waals surface area contributed by atoms with Crippen LogP contribution in [-0.4, -0.2) is 44.2 Å². The standard InChI is InChI=1S/C17H23N3O3S.2ClH/c1-22-12-17(4-6-18-7-5-17)11-19-15(21)9-13-10-23-16(20-13)14-3-2-8-24-14;;/h2-3,8,10,18H,4-7,9,11-12H2,1H3,(H,19,21);2*1H. The molecular formula is C17H25Cl2N3O3S. The molecule has 1 amide bonds. The summed E-state index contributed by atoms with van der Waals surface area (Å²) in [6.45, 7) is 3.23. The third kappa shape index (κ3) is 5.96. The van der Waals surface area contributed by atoms with Crippen molar-refractivity contribution < 1.29 is 13.9 Å². The highest BCUT2D eigenvalue weighted by Crippen LogP contribution is 2.28. The number of nitrogens with one attached hydrogen (secondary N) is 2. The second kappa shape index (κ2) is 10.9. The highest BCUT2D eigenvalue weighted by atomic mass is 35.5. The normalized spacial score (nSPS) is 15.6. The first-order valence-electron chi connectivity index (χ1n) is 8.15.